The van der Waals surface area contributed by atoms with Crippen LogP contribution < -0.4 is 10.1 Å². The number of Topliss-reactive ketones (excluding diaryl/α,β-unsaturated/α-hetero) is 1. The van der Waals surface area contributed by atoms with Gasteiger partial charge in [-0.1, -0.05) is 29.8 Å². The highest BCUT2D eigenvalue weighted by molar-refractivity contribution is 7.89. The van der Waals surface area contributed by atoms with Crippen LogP contribution in [0.1, 0.15) is 38.3 Å². The summed E-state index contributed by atoms with van der Waals surface area (Å²) in [6, 6.07) is 9.97. The van der Waals surface area contributed by atoms with E-state index in [1.54, 1.807) is 71.3 Å². The molecule has 1 N–H and O–H groups in total. The molecule has 2 atom stereocenters. The van der Waals surface area contributed by atoms with Crippen LogP contribution in [0, 0.1) is 6.92 Å². The zero-order valence-corrected chi connectivity index (χ0v) is 24.3. The fourth-order valence-electron chi connectivity index (χ4n) is 3.94. The van der Waals surface area contributed by atoms with E-state index in [1.807, 2.05) is 6.92 Å². The van der Waals surface area contributed by atoms with Gasteiger partial charge >= 0.3 is 12.1 Å². The summed E-state index contributed by atoms with van der Waals surface area (Å²) in [5.74, 6) is -1.62. The molecule has 0 radical (unpaired) electrons. The number of hydrogen-bond donors (Lipinski definition) is 1. The Hall–Kier alpha value is -3.77. The van der Waals surface area contributed by atoms with Crippen LogP contribution in [-0.2, 0) is 35.6 Å². The minimum Gasteiger partial charge on any atom is -0.458 e. The first-order valence-electron chi connectivity index (χ1n) is 12.7. The summed E-state index contributed by atoms with van der Waals surface area (Å²) in [6.07, 6.45) is -0.861. The number of carbonyl (C=O) groups is 4. The topological polar surface area (TPSA) is 139 Å². The maximum Gasteiger partial charge on any atom is 0.414 e. The van der Waals surface area contributed by atoms with E-state index < -0.39 is 58.0 Å². The van der Waals surface area contributed by atoms with E-state index in [1.165, 1.54) is 17.0 Å². The molecule has 0 aliphatic carbocycles. The van der Waals surface area contributed by atoms with Gasteiger partial charge < -0.3 is 19.7 Å². The first-order valence-corrected chi connectivity index (χ1v) is 14.1. The van der Waals surface area contributed by atoms with Crippen molar-refractivity contribution in [1.29, 1.82) is 0 Å². The smallest absolute Gasteiger partial charge is 0.414 e. The molecule has 1 aliphatic rings. The minimum atomic E-state index is -4.16. The molecule has 1 heterocycles. The highest BCUT2D eigenvalue weighted by atomic mass is 32.2. The third kappa shape index (κ3) is 7.89. The summed E-state index contributed by atoms with van der Waals surface area (Å²) in [4.78, 5) is 51.9. The van der Waals surface area contributed by atoms with Crippen LogP contribution in [0.25, 0.3) is 0 Å². The standard InChI is InChI=1S/C28H35N3O8S/c1-18-7-13-22(14-8-18)40(36,37)31-17-20(32)16-24(31)25(33)29-23(26(34)39-28(2,3)4)15-19-9-11-21(12-10-19)38-27(35)30(5)6/h7-14,23-24H,15-17H2,1-6H3,(H,29,33)/t23-,24-/m0/s1. The number of benzene rings is 2. The van der Waals surface area contributed by atoms with Crippen LogP contribution in [-0.4, -0.2) is 79.7 Å². The van der Waals surface area contributed by atoms with Crippen LogP contribution in [0.5, 0.6) is 5.75 Å². The number of sulfonamides is 1. The van der Waals surface area contributed by atoms with Gasteiger partial charge in [0.1, 0.15) is 29.2 Å². The molecule has 2 amide bonds. The highest BCUT2D eigenvalue weighted by Gasteiger charge is 2.44. The van der Waals surface area contributed by atoms with Gasteiger partial charge in [0.25, 0.3) is 0 Å². The van der Waals surface area contributed by atoms with Gasteiger partial charge in [-0.25, -0.2) is 18.0 Å². The predicted octanol–water partition coefficient (Wildman–Crippen LogP) is 2.46. The SMILES string of the molecule is Cc1ccc(S(=O)(=O)N2CC(=O)C[C@H]2C(=O)N[C@@H](Cc2ccc(OC(=O)N(C)C)cc2)C(=O)OC(C)(C)C)cc1. The van der Waals surface area contributed by atoms with Gasteiger partial charge in [-0.3, -0.25) is 9.59 Å². The molecule has 40 heavy (non-hydrogen) atoms. The van der Waals surface area contributed by atoms with Crippen molar-refractivity contribution in [3.63, 3.8) is 0 Å². The van der Waals surface area contributed by atoms with E-state index in [4.69, 9.17) is 9.47 Å². The monoisotopic (exact) mass is 573 g/mol. The summed E-state index contributed by atoms with van der Waals surface area (Å²) in [6.45, 7) is 6.42. The third-order valence-corrected chi connectivity index (χ3v) is 7.84. The van der Waals surface area contributed by atoms with E-state index >= 15 is 0 Å². The second-order valence-electron chi connectivity index (χ2n) is 10.8. The zero-order chi connectivity index (χ0) is 29.8. The minimum absolute atomic E-state index is 0.00788. The Balaban J connectivity index is 1.83. The maximum absolute atomic E-state index is 13.4. The van der Waals surface area contributed by atoms with Crippen molar-refractivity contribution in [3.05, 3.63) is 59.7 Å². The van der Waals surface area contributed by atoms with Crippen LogP contribution in [0.2, 0.25) is 0 Å². The summed E-state index contributed by atoms with van der Waals surface area (Å²) in [5, 5.41) is 2.61. The lowest BCUT2D eigenvalue weighted by molar-refractivity contribution is -0.158. The molecule has 2 aromatic carbocycles. The van der Waals surface area contributed by atoms with Gasteiger partial charge in [0.05, 0.1) is 11.4 Å². The van der Waals surface area contributed by atoms with Gasteiger partial charge in [0.2, 0.25) is 15.9 Å². The first-order chi connectivity index (χ1) is 18.6. The van der Waals surface area contributed by atoms with Gasteiger partial charge in [-0.05, 0) is 57.5 Å². The number of ether oxygens (including phenoxy) is 2. The van der Waals surface area contributed by atoms with Crippen LogP contribution >= 0.6 is 0 Å². The van der Waals surface area contributed by atoms with Crippen molar-refractivity contribution in [2.24, 2.45) is 0 Å². The fourth-order valence-corrected chi connectivity index (χ4v) is 5.51. The number of amides is 2. The molecule has 216 valence electrons. The summed E-state index contributed by atoms with van der Waals surface area (Å²) >= 11 is 0. The largest absolute Gasteiger partial charge is 0.458 e. The highest BCUT2D eigenvalue weighted by Crippen LogP contribution is 2.25. The van der Waals surface area contributed by atoms with Gasteiger partial charge in [-0.15, -0.1) is 0 Å². The molecule has 12 heteroatoms. The quantitative estimate of drug-likeness (QED) is 0.475. The lowest BCUT2D eigenvalue weighted by Gasteiger charge is -2.27. The number of hydrogen-bond acceptors (Lipinski definition) is 8. The van der Waals surface area contributed by atoms with Crippen molar-refractivity contribution < 1.29 is 37.1 Å². The number of rotatable bonds is 8. The molecular formula is C28H35N3O8S. The molecule has 0 saturated carbocycles. The number of nitrogens with one attached hydrogen (secondary N) is 1. The Bertz CT molecular complexity index is 1360. The zero-order valence-electron chi connectivity index (χ0n) is 23.5. The van der Waals surface area contributed by atoms with Crippen molar-refractivity contribution in [3.8, 4) is 5.75 Å². The maximum atomic E-state index is 13.4. The molecule has 2 aromatic rings. The first kappa shape index (κ1) is 30.8. The summed E-state index contributed by atoms with van der Waals surface area (Å²) in [7, 11) is -1.05. The fraction of sp³-hybridized carbons (Fsp3) is 0.429. The average molecular weight is 574 g/mol. The molecule has 11 nitrogen and oxygen atoms in total. The summed E-state index contributed by atoms with van der Waals surface area (Å²) in [5.41, 5.74) is 0.622. The van der Waals surface area contributed by atoms with E-state index in [0.717, 1.165) is 9.87 Å². The second kappa shape index (κ2) is 12.2. The van der Waals surface area contributed by atoms with E-state index in [-0.39, 0.29) is 17.7 Å². The van der Waals surface area contributed by atoms with E-state index in [9.17, 15) is 27.6 Å². The molecule has 1 aliphatic heterocycles. The third-order valence-electron chi connectivity index (χ3n) is 5.97. The Labute approximate surface area is 234 Å². The van der Waals surface area contributed by atoms with Crippen LogP contribution in [0.15, 0.2) is 53.4 Å². The molecule has 1 saturated heterocycles. The molecule has 0 aromatic heterocycles. The van der Waals surface area contributed by atoms with Gasteiger partial charge in [-0.2, -0.15) is 4.31 Å². The average Bonchev–Trinajstić information content (AvgIpc) is 3.26. The Kier molecular flexibility index (Phi) is 9.36. The molecular weight excluding hydrogens is 538 g/mol. The predicted molar refractivity (Wildman–Crippen MR) is 146 cm³/mol. The second-order valence-corrected chi connectivity index (χ2v) is 12.7. The molecule has 0 bridgehead atoms. The van der Waals surface area contributed by atoms with Gasteiger partial charge in [0, 0.05) is 26.9 Å². The Morgan fingerprint density at radius 3 is 2.20 bits per heavy atom. The number of carbonyl (C=O) groups excluding carboxylic acids is 4. The lowest BCUT2D eigenvalue weighted by atomic mass is 10.0. The van der Waals surface area contributed by atoms with Gasteiger partial charge in [0.15, 0.2) is 0 Å². The molecule has 1 fully saturated rings. The molecule has 3 rings (SSSR count). The molecule has 0 unspecified atom stereocenters. The number of esters is 1. The van der Waals surface area contributed by atoms with Crippen molar-refractivity contribution >= 4 is 33.8 Å². The Morgan fingerprint density at radius 2 is 1.65 bits per heavy atom. The van der Waals surface area contributed by atoms with E-state index in [2.05, 4.69) is 5.32 Å². The van der Waals surface area contributed by atoms with Crippen LogP contribution in [0.3, 0.4) is 0 Å². The van der Waals surface area contributed by atoms with Crippen molar-refractivity contribution in [1.82, 2.24) is 14.5 Å². The number of nitrogens with zero attached hydrogens (tertiary/aromatic N) is 2. The lowest BCUT2D eigenvalue weighted by Crippen LogP contribution is -2.52. The normalized spacial score (nSPS) is 16.8. The van der Waals surface area contributed by atoms with E-state index in [0.29, 0.717) is 11.3 Å². The Morgan fingerprint density at radius 1 is 1.05 bits per heavy atom. The van der Waals surface area contributed by atoms with Crippen molar-refractivity contribution in [2.45, 2.75) is 63.1 Å². The molecule has 0 spiro atoms. The van der Waals surface area contributed by atoms with Crippen LogP contribution in [0.4, 0.5) is 4.79 Å². The van der Waals surface area contributed by atoms with Crippen molar-refractivity contribution in [2.75, 3.05) is 20.6 Å². The number of ketones is 1. The number of aryl methyl sites for hydroxylation is 1. The summed E-state index contributed by atoms with van der Waals surface area (Å²) < 4.78 is 38.2.